The second-order valence-corrected chi connectivity index (χ2v) is 6.79. The molecule has 7 nitrogen and oxygen atoms in total. The number of nitrogens with one attached hydrogen (secondary N) is 2. The first-order valence-corrected chi connectivity index (χ1v) is 9.64. The molecule has 0 amide bonds. The lowest BCUT2D eigenvalue weighted by Crippen LogP contribution is -2.37. The van der Waals surface area contributed by atoms with Gasteiger partial charge in [-0.05, 0) is 38.0 Å². The van der Waals surface area contributed by atoms with Crippen molar-refractivity contribution in [2.75, 3.05) is 6.54 Å². The molecule has 1 aromatic carbocycles. The van der Waals surface area contributed by atoms with Gasteiger partial charge in [-0.1, -0.05) is 24.3 Å². The number of guanidine groups is 1. The molecule has 0 unspecified atom stereocenters. The summed E-state index contributed by atoms with van der Waals surface area (Å²) in [5.41, 5.74) is 5.86. The molecule has 0 saturated carbocycles. The first kappa shape index (κ1) is 22.9. The summed E-state index contributed by atoms with van der Waals surface area (Å²) < 4.78 is 3.85. The second kappa shape index (κ2) is 11.0. The van der Waals surface area contributed by atoms with E-state index in [9.17, 15) is 0 Å². The fourth-order valence-corrected chi connectivity index (χ4v) is 3.19. The van der Waals surface area contributed by atoms with E-state index in [-0.39, 0.29) is 24.0 Å². The highest BCUT2D eigenvalue weighted by Gasteiger charge is 2.10. The third-order valence-corrected chi connectivity index (χ3v) is 4.85. The van der Waals surface area contributed by atoms with E-state index in [2.05, 4.69) is 58.9 Å². The largest absolute Gasteiger partial charge is 0.357 e. The second-order valence-electron chi connectivity index (χ2n) is 6.79. The van der Waals surface area contributed by atoms with Gasteiger partial charge in [-0.25, -0.2) is 4.99 Å². The van der Waals surface area contributed by atoms with Gasteiger partial charge < -0.3 is 10.6 Å². The highest BCUT2D eigenvalue weighted by atomic mass is 127. The van der Waals surface area contributed by atoms with Crippen LogP contribution in [0.4, 0.5) is 0 Å². The molecule has 3 rings (SSSR count). The number of halogens is 1. The zero-order valence-corrected chi connectivity index (χ0v) is 19.8. The van der Waals surface area contributed by atoms with Crippen molar-refractivity contribution in [3.63, 3.8) is 0 Å². The minimum Gasteiger partial charge on any atom is -0.357 e. The van der Waals surface area contributed by atoms with Crippen LogP contribution in [0, 0.1) is 13.8 Å². The molecule has 0 radical (unpaired) electrons. The van der Waals surface area contributed by atoms with Gasteiger partial charge in [0, 0.05) is 43.8 Å². The molecule has 29 heavy (non-hydrogen) atoms. The normalized spacial score (nSPS) is 11.2. The summed E-state index contributed by atoms with van der Waals surface area (Å²) in [5.74, 6) is 0.805. The van der Waals surface area contributed by atoms with E-state index in [4.69, 9.17) is 4.99 Å². The predicted octanol–water partition coefficient (Wildman–Crippen LogP) is 3.16. The van der Waals surface area contributed by atoms with Crippen LogP contribution in [-0.4, -0.2) is 32.1 Å². The minimum atomic E-state index is 0. The van der Waals surface area contributed by atoms with E-state index in [0.717, 1.165) is 24.7 Å². The summed E-state index contributed by atoms with van der Waals surface area (Å²) in [4.78, 5) is 4.79. The van der Waals surface area contributed by atoms with Crippen LogP contribution in [0.5, 0.6) is 0 Å². The van der Waals surface area contributed by atoms with Gasteiger partial charge in [-0.15, -0.1) is 24.0 Å². The van der Waals surface area contributed by atoms with E-state index in [1.54, 1.807) is 6.20 Å². The first-order valence-electron chi connectivity index (χ1n) is 9.64. The fourth-order valence-electron chi connectivity index (χ4n) is 3.19. The van der Waals surface area contributed by atoms with Gasteiger partial charge in [0.2, 0.25) is 0 Å². The maximum atomic E-state index is 4.79. The van der Waals surface area contributed by atoms with E-state index < -0.39 is 0 Å². The highest BCUT2D eigenvalue weighted by Crippen LogP contribution is 2.13. The monoisotopic (exact) mass is 507 g/mol. The molecular formula is C21H30IN7. The molecule has 0 bridgehead atoms. The molecule has 2 heterocycles. The molecule has 156 valence electrons. The van der Waals surface area contributed by atoms with Crippen molar-refractivity contribution in [2.45, 2.75) is 40.4 Å². The molecule has 0 aliphatic rings. The van der Waals surface area contributed by atoms with Crippen molar-refractivity contribution < 1.29 is 0 Å². The number of hydrogen-bond acceptors (Lipinski definition) is 3. The molecule has 0 saturated heterocycles. The van der Waals surface area contributed by atoms with Crippen LogP contribution in [0.1, 0.15) is 35.0 Å². The Kier molecular flexibility index (Phi) is 8.69. The van der Waals surface area contributed by atoms with Gasteiger partial charge in [0.05, 0.1) is 18.8 Å². The molecule has 0 spiro atoms. The van der Waals surface area contributed by atoms with E-state index in [0.29, 0.717) is 13.1 Å². The topological polar surface area (TPSA) is 72.1 Å². The summed E-state index contributed by atoms with van der Waals surface area (Å²) in [7, 11) is 1.97. The number of benzene rings is 1. The van der Waals surface area contributed by atoms with Crippen molar-refractivity contribution in [1.82, 2.24) is 30.2 Å². The lowest BCUT2D eigenvalue weighted by Gasteiger charge is -2.13. The number of rotatable bonds is 7. The van der Waals surface area contributed by atoms with Crippen LogP contribution in [0.3, 0.4) is 0 Å². The lowest BCUT2D eigenvalue weighted by molar-refractivity contribution is 0.680. The van der Waals surface area contributed by atoms with Crippen LogP contribution in [0.25, 0.3) is 0 Å². The molecular weight excluding hydrogens is 477 g/mol. The van der Waals surface area contributed by atoms with Crippen molar-refractivity contribution in [3.05, 3.63) is 70.8 Å². The van der Waals surface area contributed by atoms with Gasteiger partial charge in [-0.3, -0.25) is 9.36 Å². The van der Waals surface area contributed by atoms with Crippen molar-refractivity contribution in [1.29, 1.82) is 0 Å². The predicted molar refractivity (Wildman–Crippen MR) is 128 cm³/mol. The van der Waals surface area contributed by atoms with Gasteiger partial charge in [0.1, 0.15) is 0 Å². The molecule has 0 aliphatic heterocycles. The fraction of sp³-hybridized carbons (Fsp3) is 0.381. The quantitative estimate of drug-likeness (QED) is 0.293. The number of aryl methyl sites for hydroxylation is 2. The Labute approximate surface area is 189 Å². The first-order chi connectivity index (χ1) is 13.6. The highest BCUT2D eigenvalue weighted by molar-refractivity contribution is 14.0. The smallest absolute Gasteiger partial charge is 0.191 e. The third-order valence-electron chi connectivity index (χ3n) is 4.85. The van der Waals surface area contributed by atoms with Gasteiger partial charge >= 0.3 is 0 Å². The number of nitrogens with zero attached hydrogens (tertiary/aromatic N) is 5. The molecule has 3 aromatic rings. The minimum absolute atomic E-state index is 0. The zero-order valence-electron chi connectivity index (χ0n) is 17.5. The molecule has 0 aliphatic carbocycles. The Morgan fingerprint density at radius 1 is 1.10 bits per heavy atom. The molecule has 8 heteroatoms. The summed E-state index contributed by atoms with van der Waals surface area (Å²) in [6, 6.07) is 10.3. The van der Waals surface area contributed by atoms with Crippen LogP contribution in [-0.2, 0) is 26.7 Å². The maximum Gasteiger partial charge on any atom is 0.191 e. The van der Waals surface area contributed by atoms with Gasteiger partial charge in [0.25, 0.3) is 0 Å². The van der Waals surface area contributed by atoms with Gasteiger partial charge in [0.15, 0.2) is 5.96 Å². The average Bonchev–Trinajstić information content (AvgIpc) is 3.27. The Morgan fingerprint density at radius 2 is 1.86 bits per heavy atom. The van der Waals surface area contributed by atoms with Crippen molar-refractivity contribution >= 4 is 29.9 Å². The molecule has 0 fully saturated rings. The summed E-state index contributed by atoms with van der Waals surface area (Å²) in [6.07, 6.45) is 3.78. The van der Waals surface area contributed by atoms with E-state index in [1.807, 2.05) is 35.6 Å². The Hall–Kier alpha value is -2.36. The van der Waals surface area contributed by atoms with Crippen LogP contribution < -0.4 is 10.6 Å². The summed E-state index contributed by atoms with van der Waals surface area (Å²) >= 11 is 0. The van der Waals surface area contributed by atoms with Crippen molar-refractivity contribution in [2.24, 2.45) is 12.0 Å². The van der Waals surface area contributed by atoms with Crippen LogP contribution in [0.2, 0.25) is 0 Å². The van der Waals surface area contributed by atoms with Crippen LogP contribution in [0.15, 0.2) is 47.7 Å². The van der Waals surface area contributed by atoms with Crippen molar-refractivity contribution in [3.8, 4) is 0 Å². The Morgan fingerprint density at radius 3 is 2.48 bits per heavy atom. The zero-order chi connectivity index (χ0) is 19.9. The molecule has 0 atom stereocenters. The van der Waals surface area contributed by atoms with Crippen LogP contribution >= 0.6 is 24.0 Å². The molecule has 2 aromatic heterocycles. The van der Waals surface area contributed by atoms with E-state index >= 15 is 0 Å². The average molecular weight is 507 g/mol. The standard InChI is InChI=1S/C21H29N7.HI/c1-5-22-21(24-14-20-16(2)26-27(4)17(20)3)23-13-18-9-6-7-10-19(18)15-28-12-8-11-25-28;/h6-12H,5,13-15H2,1-4H3,(H2,22,23,24);1H. The summed E-state index contributed by atoms with van der Waals surface area (Å²) in [5, 5.41) is 15.6. The lowest BCUT2D eigenvalue weighted by atomic mass is 10.1. The van der Waals surface area contributed by atoms with Gasteiger partial charge in [-0.2, -0.15) is 10.2 Å². The SMILES string of the molecule is CCNC(=NCc1ccccc1Cn1cccn1)NCc1c(C)nn(C)c1C.I. The summed E-state index contributed by atoms with van der Waals surface area (Å²) in [6.45, 7) is 9.07. The Bertz CT molecular complexity index is 929. The number of aliphatic imine (C=N–C) groups is 1. The Balaban J connectivity index is 0.00000300. The number of aromatic nitrogens is 4. The van der Waals surface area contributed by atoms with E-state index in [1.165, 1.54) is 22.4 Å². The maximum absolute atomic E-state index is 4.79. The number of hydrogen-bond donors (Lipinski definition) is 2. The third kappa shape index (κ3) is 6.06. The molecule has 2 N–H and O–H groups in total.